The molecular formula is C24H35N3O3SSi. The van der Waals surface area contributed by atoms with Crippen LogP contribution in [0.2, 0.25) is 25.7 Å². The lowest BCUT2D eigenvalue weighted by atomic mass is 10.00. The van der Waals surface area contributed by atoms with Crippen LogP contribution in [0, 0.1) is 0 Å². The Kier molecular flexibility index (Phi) is 7.22. The van der Waals surface area contributed by atoms with E-state index in [1.54, 1.807) is 11.3 Å². The number of carbonyl (C=O) groups is 1. The van der Waals surface area contributed by atoms with Gasteiger partial charge in [0.15, 0.2) is 0 Å². The molecule has 6 nitrogen and oxygen atoms in total. The molecule has 0 atom stereocenters. The molecule has 1 aromatic heterocycles. The highest BCUT2D eigenvalue weighted by atomic mass is 32.1. The van der Waals surface area contributed by atoms with Crippen molar-refractivity contribution in [1.82, 2.24) is 14.8 Å². The summed E-state index contributed by atoms with van der Waals surface area (Å²) in [7, 11) is 0.973. The van der Waals surface area contributed by atoms with Gasteiger partial charge in [0, 0.05) is 47.1 Å². The van der Waals surface area contributed by atoms with Gasteiger partial charge in [0.25, 0.3) is 5.19 Å². The molecule has 0 radical (unpaired) electrons. The molecule has 1 amide bonds. The molecular weight excluding hydrogens is 438 g/mol. The summed E-state index contributed by atoms with van der Waals surface area (Å²) >= 11 is 1.62. The second-order valence-corrected chi connectivity index (χ2v) is 16.7. The molecule has 1 aromatic carbocycles. The van der Waals surface area contributed by atoms with E-state index in [2.05, 4.69) is 60.8 Å². The van der Waals surface area contributed by atoms with Gasteiger partial charge in [-0.2, -0.15) is 0 Å². The molecule has 3 heterocycles. The molecule has 1 saturated heterocycles. The number of likely N-dealkylation sites (tertiary alicyclic amines) is 1. The number of piperidine rings is 1. The van der Waals surface area contributed by atoms with Gasteiger partial charge >= 0.3 is 6.09 Å². The SMILES string of the molecule is CN1CC=C(c2ccc3nc(OC4CCN(C(=O)OCC[Si](C)(C)C)CC4)sc3c2)CC1. The number of likely N-dealkylation sites (N-methyl/N-ethyl adjacent to an activating group) is 1. The second-order valence-electron chi connectivity index (χ2n) is 10.1. The van der Waals surface area contributed by atoms with Crippen LogP contribution < -0.4 is 4.74 Å². The van der Waals surface area contributed by atoms with Crippen molar-refractivity contribution in [3.63, 3.8) is 0 Å². The molecule has 1 fully saturated rings. The maximum absolute atomic E-state index is 12.3. The lowest BCUT2D eigenvalue weighted by molar-refractivity contribution is 0.0702. The average Bonchev–Trinajstić information content (AvgIpc) is 3.15. The summed E-state index contributed by atoms with van der Waals surface area (Å²) in [5.41, 5.74) is 3.71. The first-order valence-electron chi connectivity index (χ1n) is 11.6. The van der Waals surface area contributed by atoms with Gasteiger partial charge in [-0.05, 0) is 42.8 Å². The van der Waals surface area contributed by atoms with Crippen LogP contribution >= 0.6 is 11.3 Å². The highest BCUT2D eigenvalue weighted by Crippen LogP contribution is 2.33. The Labute approximate surface area is 196 Å². The van der Waals surface area contributed by atoms with Gasteiger partial charge in [-0.3, -0.25) is 0 Å². The van der Waals surface area contributed by atoms with Crippen LogP contribution in [0.3, 0.4) is 0 Å². The predicted molar refractivity (Wildman–Crippen MR) is 134 cm³/mol. The van der Waals surface area contributed by atoms with E-state index in [9.17, 15) is 4.79 Å². The van der Waals surface area contributed by atoms with Crippen molar-refractivity contribution < 1.29 is 14.3 Å². The van der Waals surface area contributed by atoms with Crippen LogP contribution in [-0.4, -0.2) is 74.9 Å². The minimum absolute atomic E-state index is 0.0951. The molecule has 2 aliphatic rings. The first kappa shape index (κ1) is 23.3. The number of ether oxygens (including phenoxy) is 2. The zero-order valence-corrected chi connectivity index (χ0v) is 21.5. The molecule has 0 spiro atoms. The number of aromatic nitrogens is 1. The van der Waals surface area contributed by atoms with Crippen LogP contribution in [-0.2, 0) is 4.74 Å². The molecule has 0 aliphatic carbocycles. The molecule has 174 valence electrons. The fraction of sp³-hybridized carbons (Fsp3) is 0.583. The van der Waals surface area contributed by atoms with E-state index in [4.69, 9.17) is 9.47 Å². The maximum atomic E-state index is 12.3. The van der Waals surface area contributed by atoms with Crippen LogP contribution in [0.5, 0.6) is 5.19 Å². The first-order chi connectivity index (χ1) is 15.3. The number of hydrogen-bond acceptors (Lipinski definition) is 6. The van der Waals surface area contributed by atoms with Crippen LogP contribution in [0.25, 0.3) is 15.8 Å². The Morgan fingerprint density at radius 2 is 2.00 bits per heavy atom. The van der Waals surface area contributed by atoms with Crippen molar-refractivity contribution in [2.24, 2.45) is 0 Å². The van der Waals surface area contributed by atoms with Gasteiger partial charge in [-0.1, -0.05) is 43.1 Å². The molecule has 0 bridgehead atoms. The zero-order chi connectivity index (χ0) is 22.7. The first-order valence-corrected chi connectivity index (χ1v) is 16.2. The minimum Gasteiger partial charge on any atom is -0.467 e. The van der Waals surface area contributed by atoms with E-state index in [0.29, 0.717) is 19.7 Å². The topological polar surface area (TPSA) is 54.9 Å². The monoisotopic (exact) mass is 473 g/mol. The Balaban J connectivity index is 1.29. The van der Waals surface area contributed by atoms with Crippen molar-refractivity contribution in [2.75, 3.05) is 39.8 Å². The summed E-state index contributed by atoms with van der Waals surface area (Å²) < 4.78 is 12.9. The van der Waals surface area contributed by atoms with Crippen molar-refractivity contribution in [2.45, 2.75) is 51.1 Å². The fourth-order valence-electron chi connectivity index (χ4n) is 4.02. The van der Waals surface area contributed by atoms with E-state index < -0.39 is 8.07 Å². The Morgan fingerprint density at radius 3 is 2.69 bits per heavy atom. The predicted octanol–water partition coefficient (Wildman–Crippen LogP) is 5.33. The lowest BCUT2D eigenvalue weighted by Crippen LogP contribution is -2.42. The number of nitrogens with zero attached hydrogens (tertiary/aromatic N) is 3. The van der Waals surface area contributed by atoms with Gasteiger partial charge in [-0.15, -0.1) is 0 Å². The molecule has 32 heavy (non-hydrogen) atoms. The minimum atomic E-state index is -1.19. The van der Waals surface area contributed by atoms with E-state index in [-0.39, 0.29) is 12.2 Å². The number of benzene rings is 1. The fourth-order valence-corrected chi connectivity index (χ4v) is 5.66. The average molecular weight is 474 g/mol. The summed E-state index contributed by atoms with van der Waals surface area (Å²) in [6, 6.07) is 7.53. The number of thiazole rings is 1. The Morgan fingerprint density at radius 1 is 1.22 bits per heavy atom. The maximum Gasteiger partial charge on any atom is 0.409 e. The number of amides is 1. The van der Waals surface area contributed by atoms with Crippen molar-refractivity contribution in [3.8, 4) is 5.19 Å². The summed E-state index contributed by atoms with van der Waals surface area (Å²) in [5, 5.41) is 0.727. The van der Waals surface area contributed by atoms with Gasteiger partial charge in [0.1, 0.15) is 6.10 Å². The summed E-state index contributed by atoms with van der Waals surface area (Å²) in [6.07, 6.45) is 4.95. The molecule has 8 heteroatoms. The van der Waals surface area contributed by atoms with E-state index in [0.717, 1.165) is 49.1 Å². The molecule has 2 aliphatic heterocycles. The van der Waals surface area contributed by atoms with Crippen molar-refractivity contribution in [1.29, 1.82) is 0 Å². The van der Waals surface area contributed by atoms with Gasteiger partial charge in [0.05, 0.1) is 16.8 Å². The Hall–Kier alpha value is -1.90. The van der Waals surface area contributed by atoms with Crippen LogP contribution in [0.4, 0.5) is 4.79 Å². The normalized spacial score (nSPS) is 18.6. The van der Waals surface area contributed by atoms with E-state index in [1.807, 2.05) is 4.90 Å². The standard InChI is InChI=1S/C24H35N3O3SSi/c1-26-11-7-18(8-12-26)19-5-6-21-22(17-19)31-23(25-21)30-20-9-13-27(14-10-20)24(28)29-15-16-32(2,3)4/h5-7,17,20H,8-16H2,1-4H3. The van der Waals surface area contributed by atoms with E-state index >= 15 is 0 Å². The van der Waals surface area contributed by atoms with Gasteiger partial charge in [-0.25, -0.2) is 9.78 Å². The van der Waals surface area contributed by atoms with Crippen LogP contribution in [0.1, 0.15) is 24.8 Å². The number of fused-ring (bicyclic) bond motifs is 1. The third-order valence-corrected chi connectivity index (χ3v) is 8.81. The molecule has 0 unspecified atom stereocenters. The summed E-state index contributed by atoms with van der Waals surface area (Å²) in [4.78, 5) is 21.1. The number of rotatable bonds is 6. The molecule has 2 aromatic rings. The second kappa shape index (κ2) is 9.93. The summed E-state index contributed by atoms with van der Waals surface area (Å²) in [6.45, 7) is 10.9. The van der Waals surface area contributed by atoms with Crippen molar-refractivity contribution >= 4 is 41.3 Å². The van der Waals surface area contributed by atoms with E-state index in [1.165, 1.54) is 15.8 Å². The van der Waals surface area contributed by atoms with Gasteiger partial charge < -0.3 is 19.3 Å². The number of hydrogen-bond donors (Lipinski definition) is 0. The lowest BCUT2D eigenvalue weighted by Gasteiger charge is -2.31. The summed E-state index contributed by atoms with van der Waals surface area (Å²) in [5.74, 6) is 0. The molecule has 0 N–H and O–H groups in total. The third-order valence-electron chi connectivity index (χ3n) is 6.20. The smallest absolute Gasteiger partial charge is 0.409 e. The molecule has 0 saturated carbocycles. The highest BCUT2D eigenvalue weighted by Gasteiger charge is 2.26. The quantitative estimate of drug-likeness (QED) is 0.531. The largest absolute Gasteiger partial charge is 0.467 e. The highest BCUT2D eigenvalue weighted by molar-refractivity contribution is 7.20. The molecule has 4 rings (SSSR count). The van der Waals surface area contributed by atoms with Gasteiger partial charge in [0.2, 0.25) is 0 Å². The van der Waals surface area contributed by atoms with Crippen LogP contribution in [0.15, 0.2) is 24.3 Å². The number of carbonyl (C=O) groups excluding carboxylic acids is 1. The van der Waals surface area contributed by atoms with Crippen molar-refractivity contribution in [3.05, 3.63) is 29.8 Å². The Bertz CT molecular complexity index is 977. The third kappa shape index (κ3) is 6.11. The zero-order valence-electron chi connectivity index (χ0n) is 19.7.